The number of hydrogen-bond donors (Lipinski definition) is 1. The zero-order valence-electron chi connectivity index (χ0n) is 11.3. The Kier molecular flexibility index (Phi) is 2.77. The van der Waals surface area contributed by atoms with Gasteiger partial charge in [0.15, 0.2) is 11.5 Å². The van der Waals surface area contributed by atoms with E-state index in [0.29, 0.717) is 22.8 Å². The zero-order chi connectivity index (χ0) is 13.6. The van der Waals surface area contributed by atoms with Gasteiger partial charge < -0.3 is 19.5 Å². The highest BCUT2D eigenvalue weighted by molar-refractivity contribution is 6.04. The third kappa shape index (κ3) is 1.50. The van der Waals surface area contributed by atoms with E-state index in [-0.39, 0.29) is 11.9 Å². The third-order valence-electron chi connectivity index (χ3n) is 3.92. The van der Waals surface area contributed by atoms with Gasteiger partial charge in [-0.25, -0.2) is 0 Å². The van der Waals surface area contributed by atoms with Crippen LogP contribution >= 0.6 is 0 Å². The average molecular weight is 263 g/mol. The predicted octanol–water partition coefficient (Wildman–Crippen LogP) is 1.83. The summed E-state index contributed by atoms with van der Waals surface area (Å²) in [6, 6.07) is 0.0833. The molecule has 1 aliphatic carbocycles. The molecule has 0 radical (unpaired) electrons. The van der Waals surface area contributed by atoms with Crippen molar-refractivity contribution in [2.75, 3.05) is 21.3 Å². The van der Waals surface area contributed by atoms with Crippen LogP contribution in [0.15, 0.2) is 0 Å². The van der Waals surface area contributed by atoms with Crippen molar-refractivity contribution >= 4 is 5.91 Å². The van der Waals surface area contributed by atoms with Crippen LogP contribution in [0, 0.1) is 0 Å². The normalized spacial score (nSPS) is 19.7. The first-order chi connectivity index (χ1) is 9.22. The lowest BCUT2D eigenvalue weighted by Crippen LogP contribution is -2.21. The van der Waals surface area contributed by atoms with Gasteiger partial charge in [-0.05, 0) is 24.8 Å². The average Bonchev–Trinajstić information content (AvgIpc) is 2.76. The summed E-state index contributed by atoms with van der Waals surface area (Å²) in [5, 5.41) is 3.01. The minimum Gasteiger partial charge on any atom is -0.492 e. The lowest BCUT2D eigenvalue weighted by atomic mass is 9.85. The standard InChI is InChI=1S/C14H17NO4/c1-17-11-7-5-4-6-8-9(7)10(14(16)15-8)12(18-2)13(11)19-3/h8H,4-6H2,1-3H3,(H,15,16). The first kappa shape index (κ1) is 12.1. The number of hydrogen-bond acceptors (Lipinski definition) is 4. The van der Waals surface area contributed by atoms with Crippen LogP contribution in [0.1, 0.15) is 40.4 Å². The Bertz CT molecular complexity index is 553. The monoisotopic (exact) mass is 263 g/mol. The maximum Gasteiger partial charge on any atom is 0.256 e. The van der Waals surface area contributed by atoms with Crippen molar-refractivity contribution in [3.05, 3.63) is 16.7 Å². The Morgan fingerprint density at radius 3 is 2.37 bits per heavy atom. The van der Waals surface area contributed by atoms with E-state index in [1.54, 1.807) is 21.3 Å². The fourth-order valence-corrected chi connectivity index (χ4v) is 3.21. The quantitative estimate of drug-likeness (QED) is 0.904. The van der Waals surface area contributed by atoms with Gasteiger partial charge in [0, 0.05) is 5.56 Å². The number of methoxy groups -OCH3 is 3. The van der Waals surface area contributed by atoms with Crippen molar-refractivity contribution < 1.29 is 19.0 Å². The van der Waals surface area contributed by atoms with Gasteiger partial charge in [0.1, 0.15) is 0 Å². The van der Waals surface area contributed by atoms with Crippen molar-refractivity contribution in [1.82, 2.24) is 5.32 Å². The van der Waals surface area contributed by atoms with Gasteiger partial charge in [0.05, 0.1) is 32.9 Å². The van der Waals surface area contributed by atoms with Gasteiger partial charge >= 0.3 is 0 Å². The molecule has 0 saturated carbocycles. The number of carbonyl (C=O) groups excluding carboxylic acids is 1. The van der Waals surface area contributed by atoms with Crippen molar-refractivity contribution in [1.29, 1.82) is 0 Å². The molecule has 0 saturated heterocycles. The summed E-state index contributed by atoms with van der Waals surface area (Å²) >= 11 is 0. The lowest BCUT2D eigenvalue weighted by Gasteiger charge is -2.25. The van der Waals surface area contributed by atoms with Gasteiger partial charge in [-0.2, -0.15) is 0 Å². The lowest BCUT2D eigenvalue weighted by molar-refractivity contribution is 0.0951. The minimum absolute atomic E-state index is 0.0825. The molecule has 1 N–H and O–H groups in total. The van der Waals surface area contributed by atoms with Crippen LogP contribution in [-0.2, 0) is 6.42 Å². The van der Waals surface area contributed by atoms with Gasteiger partial charge in [-0.3, -0.25) is 4.79 Å². The van der Waals surface area contributed by atoms with Crippen LogP contribution in [0.5, 0.6) is 17.2 Å². The van der Waals surface area contributed by atoms with Crippen LogP contribution < -0.4 is 19.5 Å². The molecule has 1 atom stereocenters. The van der Waals surface area contributed by atoms with Crippen LogP contribution in [0.4, 0.5) is 0 Å². The number of nitrogens with one attached hydrogen (secondary N) is 1. The molecule has 5 nitrogen and oxygen atoms in total. The molecule has 5 heteroatoms. The Hall–Kier alpha value is -1.91. The van der Waals surface area contributed by atoms with Gasteiger partial charge in [-0.1, -0.05) is 0 Å². The Morgan fingerprint density at radius 2 is 1.74 bits per heavy atom. The van der Waals surface area contributed by atoms with Crippen molar-refractivity contribution in [3.8, 4) is 17.2 Å². The second-order valence-corrected chi connectivity index (χ2v) is 4.79. The summed E-state index contributed by atoms with van der Waals surface area (Å²) in [5.74, 6) is 1.59. The van der Waals surface area contributed by atoms with Crippen molar-refractivity contribution in [2.45, 2.75) is 25.3 Å². The molecule has 0 fully saturated rings. The van der Waals surface area contributed by atoms with E-state index in [9.17, 15) is 4.79 Å². The molecule has 1 heterocycles. The summed E-state index contributed by atoms with van der Waals surface area (Å²) in [7, 11) is 4.73. The highest BCUT2D eigenvalue weighted by Gasteiger charge is 2.40. The van der Waals surface area contributed by atoms with Crippen LogP contribution in [0.2, 0.25) is 0 Å². The van der Waals surface area contributed by atoms with Gasteiger partial charge in [0.25, 0.3) is 5.91 Å². The summed E-state index contributed by atoms with van der Waals surface area (Å²) in [6.45, 7) is 0. The highest BCUT2D eigenvalue weighted by Crippen LogP contribution is 2.51. The topological polar surface area (TPSA) is 56.8 Å². The number of amides is 1. The summed E-state index contributed by atoms with van der Waals surface area (Å²) in [5.41, 5.74) is 2.72. The van der Waals surface area contributed by atoms with E-state index in [1.165, 1.54) is 0 Å². The van der Waals surface area contributed by atoms with Gasteiger partial charge in [0.2, 0.25) is 5.75 Å². The molecule has 1 aromatic rings. The Morgan fingerprint density at radius 1 is 1.05 bits per heavy atom. The van der Waals surface area contributed by atoms with E-state index in [1.807, 2.05) is 0 Å². The molecule has 1 aromatic carbocycles. The molecule has 2 aliphatic rings. The maximum absolute atomic E-state index is 12.2. The largest absolute Gasteiger partial charge is 0.492 e. The zero-order valence-corrected chi connectivity index (χ0v) is 11.3. The number of carbonyl (C=O) groups is 1. The molecule has 1 aliphatic heterocycles. The predicted molar refractivity (Wildman–Crippen MR) is 69.2 cm³/mol. The molecule has 0 spiro atoms. The van der Waals surface area contributed by atoms with Crippen molar-refractivity contribution in [3.63, 3.8) is 0 Å². The molecule has 1 unspecified atom stereocenters. The molecule has 19 heavy (non-hydrogen) atoms. The van der Waals surface area contributed by atoms with Crippen LogP contribution in [0.25, 0.3) is 0 Å². The third-order valence-corrected chi connectivity index (χ3v) is 3.92. The molecular formula is C14H17NO4. The summed E-state index contributed by atoms with van der Waals surface area (Å²) < 4.78 is 16.3. The molecule has 0 bridgehead atoms. The number of benzene rings is 1. The SMILES string of the molecule is COc1c2c3c(c(OC)c1OC)C(=O)NC3CCC2. The van der Waals surface area contributed by atoms with E-state index < -0.39 is 0 Å². The highest BCUT2D eigenvalue weighted by atomic mass is 16.5. The van der Waals surface area contributed by atoms with E-state index in [4.69, 9.17) is 14.2 Å². The van der Waals surface area contributed by atoms with Crippen LogP contribution in [0.3, 0.4) is 0 Å². The fraction of sp³-hybridized carbons (Fsp3) is 0.500. The Balaban J connectivity index is 2.37. The molecule has 0 aromatic heterocycles. The van der Waals surface area contributed by atoms with E-state index in [0.717, 1.165) is 30.4 Å². The van der Waals surface area contributed by atoms with E-state index >= 15 is 0 Å². The molecule has 3 rings (SSSR count). The second-order valence-electron chi connectivity index (χ2n) is 4.79. The number of rotatable bonds is 3. The minimum atomic E-state index is -0.0825. The molecule has 1 amide bonds. The van der Waals surface area contributed by atoms with Crippen molar-refractivity contribution in [2.24, 2.45) is 0 Å². The molecular weight excluding hydrogens is 246 g/mol. The summed E-state index contributed by atoms with van der Waals surface area (Å²) in [4.78, 5) is 12.2. The second kappa shape index (κ2) is 4.33. The number of ether oxygens (including phenoxy) is 3. The fourth-order valence-electron chi connectivity index (χ4n) is 3.21. The smallest absolute Gasteiger partial charge is 0.256 e. The molecule has 102 valence electrons. The Labute approximate surface area is 111 Å². The van der Waals surface area contributed by atoms with E-state index in [2.05, 4.69) is 5.32 Å². The summed E-state index contributed by atoms with van der Waals surface area (Å²) in [6.07, 6.45) is 2.89. The first-order valence-corrected chi connectivity index (χ1v) is 6.38. The maximum atomic E-state index is 12.2. The van der Waals surface area contributed by atoms with Crippen LogP contribution in [-0.4, -0.2) is 27.2 Å². The first-order valence-electron chi connectivity index (χ1n) is 6.38. The van der Waals surface area contributed by atoms with Gasteiger partial charge in [-0.15, -0.1) is 0 Å².